The first-order valence-corrected chi connectivity index (χ1v) is 9.85. The predicted octanol–water partition coefficient (Wildman–Crippen LogP) is 5.85. The average molecular weight is 359 g/mol. The lowest BCUT2D eigenvalue weighted by molar-refractivity contribution is -0.144. The number of allylic oxidation sites excluding steroid dienone is 10. The van der Waals surface area contributed by atoms with Crippen molar-refractivity contribution in [2.45, 2.75) is 64.4 Å². The summed E-state index contributed by atoms with van der Waals surface area (Å²) in [6.45, 7) is 3.30. The predicted molar refractivity (Wildman–Crippen MR) is 109 cm³/mol. The third kappa shape index (κ3) is 15.6. The van der Waals surface area contributed by atoms with Gasteiger partial charge in [-0.1, -0.05) is 67.7 Å². The first-order chi connectivity index (χ1) is 12.8. The molecule has 0 aromatic rings. The summed E-state index contributed by atoms with van der Waals surface area (Å²) in [5.74, 6) is -0.118. The summed E-state index contributed by atoms with van der Waals surface area (Å²) in [5.41, 5.74) is 0. The van der Waals surface area contributed by atoms with E-state index in [0.29, 0.717) is 13.0 Å². The van der Waals surface area contributed by atoms with Gasteiger partial charge in [0.05, 0.1) is 6.61 Å². The van der Waals surface area contributed by atoms with Gasteiger partial charge < -0.3 is 9.47 Å². The van der Waals surface area contributed by atoms with Crippen LogP contribution in [0.15, 0.2) is 60.8 Å². The van der Waals surface area contributed by atoms with Crippen LogP contribution in [0.5, 0.6) is 0 Å². The van der Waals surface area contributed by atoms with E-state index in [0.717, 1.165) is 51.6 Å². The molecule has 26 heavy (non-hydrogen) atoms. The van der Waals surface area contributed by atoms with Gasteiger partial charge in [0, 0.05) is 6.42 Å². The molecule has 0 amide bonds. The fraction of sp³-hybridized carbons (Fsp3) is 0.522. The van der Waals surface area contributed by atoms with E-state index in [2.05, 4.69) is 67.7 Å². The minimum Gasteiger partial charge on any atom is -0.463 e. The zero-order valence-corrected chi connectivity index (χ0v) is 16.1. The number of hydrogen-bond donors (Lipinski definition) is 0. The summed E-state index contributed by atoms with van der Waals surface area (Å²) in [6.07, 6.45) is 29.3. The van der Waals surface area contributed by atoms with E-state index in [1.165, 1.54) is 0 Å². The van der Waals surface area contributed by atoms with Gasteiger partial charge >= 0.3 is 5.97 Å². The SMILES string of the molecule is CC/C=C\C/C=C\C/C=C\C/C=C\C/C=C\CCCC(=O)OC[C@@H]1CO1. The number of hydrogen-bond acceptors (Lipinski definition) is 3. The van der Waals surface area contributed by atoms with Crippen LogP contribution in [0.4, 0.5) is 0 Å². The van der Waals surface area contributed by atoms with E-state index in [1.807, 2.05) is 0 Å². The highest BCUT2D eigenvalue weighted by Gasteiger charge is 2.23. The normalized spacial score (nSPS) is 17.5. The van der Waals surface area contributed by atoms with Crippen molar-refractivity contribution in [1.82, 2.24) is 0 Å². The molecule has 0 aliphatic carbocycles. The maximum atomic E-state index is 11.4. The van der Waals surface area contributed by atoms with E-state index in [4.69, 9.17) is 9.47 Å². The Morgan fingerprint density at radius 2 is 1.38 bits per heavy atom. The molecule has 1 fully saturated rings. The van der Waals surface area contributed by atoms with Gasteiger partial charge in [-0.15, -0.1) is 0 Å². The molecule has 1 rings (SSSR count). The molecule has 0 aromatic heterocycles. The molecule has 1 saturated heterocycles. The van der Waals surface area contributed by atoms with E-state index in [1.54, 1.807) is 0 Å². The molecule has 144 valence electrons. The van der Waals surface area contributed by atoms with Crippen LogP contribution in [0.25, 0.3) is 0 Å². The van der Waals surface area contributed by atoms with Gasteiger partial charge in [0.2, 0.25) is 0 Å². The van der Waals surface area contributed by atoms with E-state index >= 15 is 0 Å². The van der Waals surface area contributed by atoms with E-state index in [-0.39, 0.29) is 12.1 Å². The van der Waals surface area contributed by atoms with Gasteiger partial charge in [0.1, 0.15) is 12.7 Å². The Bertz CT molecular complexity index is 494. The van der Waals surface area contributed by atoms with Crippen molar-refractivity contribution in [2.75, 3.05) is 13.2 Å². The maximum absolute atomic E-state index is 11.4. The maximum Gasteiger partial charge on any atom is 0.305 e. The molecule has 3 nitrogen and oxygen atoms in total. The van der Waals surface area contributed by atoms with Crippen molar-refractivity contribution in [3.8, 4) is 0 Å². The molecule has 1 heterocycles. The lowest BCUT2D eigenvalue weighted by Gasteiger charge is -2.00. The van der Waals surface area contributed by atoms with Crippen LogP contribution in [-0.4, -0.2) is 25.3 Å². The lowest BCUT2D eigenvalue weighted by atomic mass is 10.2. The van der Waals surface area contributed by atoms with Crippen molar-refractivity contribution >= 4 is 5.97 Å². The van der Waals surface area contributed by atoms with Crippen molar-refractivity contribution in [3.63, 3.8) is 0 Å². The molecule has 0 radical (unpaired) electrons. The molecular weight excluding hydrogens is 324 g/mol. The summed E-state index contributed by atoms with van der Waals surface area (Å²) in [7, 11) is 0. The Morgan fingerprint density at radius 1 is 0.885 bits per heavy atom. The Labute approximate surface area is 159 Å². The number of rotatable bonds is 15. The standard InChI is InChI=1S/C23H34O3/c1-2-3-4-5-6-7-8-9-10-11-12-13-14-15-16-17-18-19-23(24)26-21-22-20-25-22/h3-4,6-7,9-10,12-13,15-16,22H,2,5,8,11,14,17-21H2,1H3/b4-3-,7-6-,10-9-,13-12-,16-15-/t22-/m0/s1. The van der Waals surface area contributed by atoms with Crippen LogP contribution >= 0.6 is 0 Å². The average Bonchev–Trinajstić information content (AvgIpc) is 3.47. The Kier molecular flexibility index (Phi) is 14.1. The first-order valence-electron chi connectivity index (χ1n) is 9.85. The second kappa shape index (κ2) is 16.6. The summed E-state index contributed by atoms with van der Waals surface area (Å²) in [5, 5.41) is 0. The van der Waals surface area contributed by atoms with Crippen LogP contribution in [-0.2, 0) is 14.3 Å². The van der Waals surface area contributed by atoms with E-state index < -0.39 is 0 Å². The fourth-order valence-corrected chi connectivity index (χ4v) is 2.16. The third-order valence-corrected chi connectivity index (χ3v) is 3.74. The molecule has 3 heteroatoms. The number of carbonyl (C=O) groups excluding carboxylic acids is 1. The van der Waals surface area contributed by atoms with Crippen molar-refractivity contribution in [2.24, 2.45) is 0 Å². The van der Waals surface area contributed by atoms with Gasteiger partial charge in [0.25, 0.3) is 0 Å². The van der Waals surface area contributed by atoms with Gasteiger partial charge in [-0.25, -0.2) is 0 Å². The van der Waals surface area contributed by atoms with Crippen molar-refractivity contribution < 1.29 is 14.3 Å². The summed E-state index contributed by atoms with van der Waals surface area (Å²) < 4.78 is 10.1. The highest BCUT2D eigenvalue weighted by Crippen LogP contribution is 2.09. The third-order valence-electron chi connectivity index (χ3n) is 3.74. The number of unbranched alkanes of at least 4 members (excludes halogenated alkanes) is 1. The molecule has 0 unspecified atom stereocenters. The molecule has 1 aliphatic rings. The second-order valence-electron chi connectivity index (χ2n) is 6.24. The monoisotopic (exact) mass is 358 g/mol. The second-order valence-corrected chi connectivity index (χ2v) is 6.24. The fourth-order valence-electron chi connectivity index (χ4n) is 2.16. The van der Waals surface area contributed by atoms with Crippen LogP contribution in [0.2, 0.25) is 0 Å². The van der Waals surface area contributed by atoms with Gasteiger partial charge in [-0.3, -0.25) is 4.79 Å². The van der Waals surface area contributed by atoms with Crippen LogP contribution in [0.1, 0.15) is 58.3 Å². The summed E-state index contributed by atoms with van der Waals surface area (Å²) in [4.78, 5) is 11.4. The Hall–Kier alpha value is -1.87. The smallest absolute Gasteiger partial charge is 0.305 e. The molecular formula is C23H34O3. The van der Waals surface area contributed by atoms with Crippen LogP contribution in [0, 0.1) is 0 Å². The number of epoxide rings is 1. The largest absolute Gasteiger partial charge is 0.463 e. The number of carbonyl (C=O) groups is 1. The summed E-state index contributed by atoms with van der Waals surface area (Å²) in [6, 6.07) is 0. The summed E-state index contributed by atoms with van der Waals surface area (Å²) >= 11 is 0. The lowest BCUT2D eigenvalue weighted by Crippen LogP contribution is -2.09. The topological polar surface area (TPSA) is 38.8 Å². The zero-order valence-electron chi connectivity index (χ0n) is 16.1. The highest BCUT2D eigenvalue weighted by molar-refractivity contribution is 5.69. The molecule has 0 aromatic carbocycles. The van der Waals surface area contributed by atoms with Gasteiger partial charge in [-0.05, 0) is 44.9 Å². The molecule has 0 saturated carbocycles. The molecule has 0 bridgehead atoms. The molecule has 0 N–H and O–H groups in total. The van der Waals surface area contributed by atoms with Crippen molar-refractivity contribution in [3.05, 3.63) is 60.8 Å². The Morgan fingerprint density at radius 3 is 1.88 bits per heavy atom. The van der Waals surface area contributed by atoms with Crippen molar-refractivity contribution in [1.29, 1.82) is 0 Å². The highest BCUT2D eigenvalue weighted by atomic mass is 16.6. The number of ether oxygens (including phenoxy) is 2. The molecule has 0 spiro atoms. The first kappa shape index (κ1) is 22.2. The van der Waals surface area contributed by atoms with Gasteiger partial charge in [-0.2, -0.15) is 0 Å². The zero-order chi connectivity index (χ0) is 18.7. The van der Waals surface area contributed by atoms with E-state index in [9.17, 15) is 4.79 Å². The van der Waals surface area contributed by atoms with Crippen LogP contribution in [0.3, 0.4) is 0 Å². The molecule has 1 aliphatic heterocycles. The molecule has 1 atom stereocenters. The van der Waals surface area contributed by atoms with Gasteiger partial charge in [0.15, 0.2) is 0 Å². The number of esters is 1. The Balaban J connectivity index is 1.88. The van der Waals surface area contributed by atoms with Crippen LogP contribution < -0.4 is 0 Å². The quantitative estimate of drug-likeness (QED) is 0.159. The minimum absolute atomic E-state index is 0.118. The minimum atomic E-state index is -0.118.